The lowest BCUT2D eigenvalue weighted by Gasteiger charge is -2.14. The van der Waals surface area contributed by atoms with Gasteiger partial charge in [-0.1, -0.05) is 17.7 Å². The van der Waals surface area contributed by atoms with E-state index in [1.54, 1.807) is 6.20 Å². The molecule has 4 rings (SSSR count). The molecular weight excluding hydrogens is 379 g/mol. The van der Waals surface area contributed by atoms with Crippen LogP contribution in [0.25, 0.3) is 11.4 Å². The van der Waals surface area contributed by atoms with Crippen LogP contribution in [0.15, 0.2) is 42.6 Å². The maximum Gasteiger partial charge on any atom is 0.252 e. The molecule has 1 aliphatic carbocycles. The van der Waals surface area contributed by atoms with Gasteiger partial charge in [0.15, 0.2) is 0 Å². The molecule has 0 saturated carbocycles. The number of amides is 1. The van der Waals surface area contributed by atoms with Crippen LogP contribution in [0.4, 0.5) is 4.39 Å². The molecule has 0 aliphatic heterocycles. The normalized spacial score (nSPS) is 13.2. The Hall–Kier alpha value is -2.73. The van der Waals surface area contributed by atoms with Gasteiger partial charge in [0.2, 0.25) is 0 Å². The van der Waals surface area contributed by atoms with Crippen LogP contribution in [0.2, 0.25) is 5.02 Å². The number of nitrogens with one attached hydrogen (secondary N) is 1. The van der Waals surface area contributed by atoms with Crippen molar-refractivity contribution in [3.05, 3.63) is 70.3 Å². The summed E-state index contributed by atoms with van der Waals surface area (Å²) in [6.45, 7) is 0.960. The maximum absolute atomic E-state index is 13.2. The second-order valence-electron chi connectivity index (χ2n) is 6.80. The lowest BCUT2D eigenvalue weighted by Crippen LogP contribution is -2.28. The highest BCUT2D eigenvalue weighted by Gasteiger charge is 2.22. The first-order chi connectivity index (χ1) is 13.6. The summed E-state index contributed by atoms with van der Waals surface area (Å²) in [5, 5.41) is 7.73. The first kappa shape index (κ1) is 18.6. The van der Waals surface area contributed by atoms with E-state index < -0.39 is 5.82 Å². The van der Waals surface area contributed by atoms with E-state index in [9.17, 15) is 9.18 Å². The van der Waals surface area contributed by atoms with Crippen LogP contribution in [0.5, 0.6) is 0 Å². The van der Waals surface area contributed by atoms with E-state index in [0.29, 0.717) is 13.1 Å². The van der Waals surface area contributed by atoms with Crippen molar-refractivity contribution < 1.29 is 9.18 Å². The highest BCUT2D eigenvalue weighted by molar-refractivity contribution is 6.33. The fraction of sp³-hybridized carbons (Fsp3) is 0.286. The van der Waals surface area contributed by atoms with E-state index in [-0.39, 0.29) is 16.5 Å². The minimum absolute atomic E-state index is 0.103. The fourth-order valence-corrected chi connectivity index (χ4v) is 3.86. The molecule has 144 valence electrons. The van der Waals surface area contributed by atoms with Gasteiger partial charge in [0.1, 0.15) is 11.5 Å². The van der Waals surface area contributed by atoms with Gasteiger partial charge < -0.3 is 5.32 Å². The van der Waals surface area contributed by atoms with Crippen molar-refractivity contribution in [1.29, 1.82) is 0 Å². The lowest BCUT2D eigenvalue weighted by atomic mass is 9.95. The van der Waals surface area contributed by atoms with Gasteiger partial charge in [-0.05, 0) is 56.0 Å². The average molecular weight is 399 g/mol. The zero-order valence-corrected chi connectivity index (χ0v) is 16.0. The third-order valence-corrected chi connectivity index (χ3v) is 5.26. The van der Waals surface area contributed by atoms with Crippen LogP contribution < -0.4 is 5.32 Å². The average Bonchev–Trinajstić information content (AvgIpc) is 3.07. The van der Waals surface area contributed by atoms with E-state index in [1.165, 1.54) is 23.4 Å². The fourth-order valence-electron chi connectivity index (χ4n) is 3.61. The molecule has 0 unspecified atom stereocenters. The number of halogens is 2. The van der Waals surface area contributed by atoms with Gasteiger partial charge in [0.05, 0.1) is 22.8 Å². The predicted octanol–water partition coefficient (Wildman–Crippen LogP) is 4.05. The van der Waals surface area contributed by atoms with Crippen molar-refractivity contribution in [3.8, 4) is 11.4 Å². The van der Waals surface area contributed by atoms with Crippen LogP contribution in [-0.2, 0) is 19.4 Å². The number of benzene rings is 1. The summed E-state index contributed by atoms with van der Waals surface area (Å²) in [6, 6.07) is 9.58. The highest BCUT2D eigenvalue weighted by atomic mass is 35.5. The van der Waals surface area contributed by atoms with Crippen molar-refractivity contribution in [3.63, 3.8) is 0 Å². The summed E-state index contributed by atoms with van der Waals surface area (Å²) in [7, 11) is 0. The second-order valence-corrected chi connectivity index (χ2v) is 7.21. The molecule has 0 radical (unpaired) electrons. The Bertz CT molecular complexity index is 1000. The minimum atomic E-state index is -0.466. The Labute approximate surface area is 167 Å². The number of aromatic nitrogens is 3. The van der Waals surface area contributed by atoms with Crippen molar-refractivity contribution in [2.45, 2.75) is 32.2 Å². The molecule has 0 fully saturated rings. The summed E-state index contributed by atoms with van der Waals surface area (Å²) >= 11 is 5.96. The lowest BCUT2D eigenvalue weighted by molar-refractivity contribution is 0.0952. The van der Waals surface area contributed by atoms with E-state index in [2.05, 4.69) is 10.3 Å². The molecule has 5 nitrogen and oxygen atoms in total. The van der Waals surface area contributed by atoms with Crippen LogP contribution in [-0.4, -0.2) is 27.2 Å². The molecule has 1 aliphatic rings. The molecule has 7 heteroatoms. The van der Waals surface area contributed by atoms with Crippen molar-refractivity contribution in [2.75, 3.05) is 6.54 Å². The summed E-state index contributed by atoms with van der Waals surface area (Å²) in [5.41, 5.74) is 4.56. The molecule has 0 saturated heterocycles. The molecule has 2 heterocycles. The molecule has 1 aromatic carbocycles. The molecule has 0 spiro atoms. The first-order valence-electron chi connectivity index (χ1n) is 9.36. The van der Waals surface area contributed by atoms with Gasteiger partial charge in [-0.2, -0.15) is 5.10 Å². The molecular formula is C21H20ClFN4O. The Balaban J connectivity index is 1.49. The van der Waals surface area contributed by atoms with Crippen molar-refractivity contribution in [1.82, 2.24) is 20.1 Å². The molecule has 1 N–H and O–H groups in total. The number of fused-ring (bicyclic) bond motifs is 1. The van der Waals surface area contributed by atoms with Crippen LogP contribution >= 0.6 is 11.6 Å². The van der Waals surface area contributed by atoms with E-state index >= 15 is 0 Å². The van der Waals surface area contributed by atoms with E-state index in [0.717, 1.165) is 43.1 Å². The molecule has 2 aromatic heterocycles. The Morgan fingerprint density at radius 2 is 2.07 bits per heavy atom. The minimum Gasteiger partial charge on any atom is -0.350 e. The Kier molecular flexibility index (Phi) is 5.39. The van der Waals surface area contributed by atoms with Crippen molar-refractivity contribution >= 4 is 17.5 Å². The van der Waals surface area contributed by atoms with Gasteiger partial charge in [0.25, 0.3) is 5.91 Å². The summed E-state index contributed by atoms with van der Waals surface area (Å²) < 4.78 is 15.1. The largest absolute Gasteiger partial charge is 0.350 e. The van der Waals surface area contributed by atoms with Gasteiger partial charge in [-0.3, -0.25) is 14.5 Å². The predicted molar refractivity (Wildman–Crippen MR) is 106 cm³/mol. The van der Waals surface area contributed by atoms with Gasteiger partial charge >= 0.3 is 0 Å². The Morgan fingerprint density at radius 1 is 1.21 bits per heavy atom. The van der Waals surface area contributed by atoms with Gasteiger partial charge in [-0.15, -0.1) is 0 Å². The number of hydrogen-bond donors (Lipinski definition) is 1. The van der Waals surface area contributed by atoms with Crippen LogP contribution in [0, 0.1) is 5.82 Å². The topological polar surface area (TPSA) is 59.8 Å². The van der Waals surface area contributed by atoms with Crippen molar-refractivity contribution in [2.24, 2.45) is 0 Å². The second kappa shape index (κ2) is 8.10. The van der Waals surface area contributed by atoms with Crippen LogP contribution in [0.3, 0.4) is 0 Å². The number of nitrogens with zero attached hydrogens (tertiary/aromatic N) is 3. The highest BCUT2D eigenvalue weighted by Crippen LogP contribution is 2.30. The summed E-state index contributed by atoms with van der Waals surface area (Å²) in [6.07, 6.45) is 6.04. The quantitative estimate of drug-likeness (QED) is 0.705. The monoisotopic (exact) mass is 398 g/mol. The number of rotatable bonds is 5. The summed E-state index contributed by atoms with van der Waals surface area (Å²) in [5.74, 6) is -0.789. The molecule has 0 atom stereocenters. The standard InChI is InChI=1S/C21H20ClFN4O/c22-17-13-14(23)8-9-15(17)21(28)25-11-12-27-19-7-2-1-5-16(19)20(26-27)18-6-3-4-10-24-18/h3-4,6,8-10,13H,1-2,5,7,11-12H2,(H,25,28). The zero-order chi connectivity index (χ0) is 19.5. The van der Waals surface area contributed by atoms with E-state index in [1.807, 2.05) is 22.9 Å². The smallest absolute Gasteiger partial charge is 0.252 e. The first-order valence-corrected chi connectivity index (χ1v) is 9.74. The van der Waals surface area contributed by atoms with E-state index in [4.69, 9.17) is 16.7 Å². The van der Waals surface area contributed by atoms with Gasteiger partial charge in [-0.25, -0.2) is 4.39 Å². The zero-order valence-electron chi connectivity index (χ0n) is 15.3. The number of carbonyl (C=O) groups excluding carboxylic acids is 1. The molecule has 28 heavy (non-hydrogen) atoms. The third-order valence-electron chi connectivity index (χ3n) is 4.95. The number of carbonyl (C=O) groups is 1. The number of hydrogen-bond acceptors (Lipinski definition) is 3. The third kappa shape index (κ3) is 3.78. The molecule has 1 amide bonds. The summed E-state index contributed by atoms with van der Waals surface area (Å²) in [4.78, 5) is 16.8. The number of pyridine rings is 1. The molecule has 3 aromatic rings. The Morgan fingerprint density at radius 3 is 2.86 bits per heavy atom. The SMILES string of the molecule is O=C(NCCn1nc(-c2ccccn2)c2c1CCCC2)c1ccc(F)cc1Cl. The molecule has 0 bridgehead atoms. The maximum atomic E-state index is 13.2. The van der Waals surface area contributed by atoms with Crippen LogP contribution in [0.1, 0.15) is 34.5 Å². The van der Waals surface area contributed by atoms with Gasteiger partial charge in [0, 0.05) is 24.0 Å².